The van der Waals surface area contributed by atoms with Crippen LogP contribution in [0.2, 0.25) is 0 Å². The first-order valence-corrected chi connectivity index (χ1v) is 14.0. The molecule has 42 heavy (non-hydrogen) atoms. The lowest BCUT2D eigenvalue weighted by molar-refractivity contribution is -0.0593. The van der Waals surface area contributed by atoms with Gasteiger partial charge in [-0.25, -0.2) is 23.5 Å². The van der Waals surface area contributed by atoms with E-state index in [1.54, 1.807) is 30.5 Å². The fourth-order valence-corrected chi connectivity index (χ4v) is 5.38. The third-order valence-corrected chi connectivity index (χ3v) is 7.78. The van der Waals surface area contributed by atoms with Gasteiger partial charge in [-0.1, -0.05) is 0 Å². The maximum absolute atomic E-state index is 13.9. The molecule has 10 nitrogen and oxygen atoms in total. The minimum Gasteiger partial charge on any atom is -0.483 e. The Balaban J connectivity index is 1.09. The van der Waals surface area contributed by atoms with Gasteiger partial charge in [0.25, 0.3) is 0 Å². The lowest BCUT2D eigenvalue weighted by Gasteiger charge is -2.37. The number of fused-ring (bicyclic) bond motifs is 1. The number of imidazole rings is 1. The van der Waals surface area contributed by atoms with Gasteiger partial charge in [-0.15, -0.1) is 0 Å². The molecule has 2 aliphatic heterocycles. The highest BCUT2D eigenvalue weighted by Gasteiger charge is 2.29. The number of piperidine rings is 1. The summed E-state index contributed by atoms with van der Waals surface area (Å²) < 4.78 is 46.4. The van der Waals surface area contributed by atoms with Gasteiger partial charge in [0.1, 0.15) is 24.4 Å². The first-order valence-electron chi connectivity index (χ1n) is 14.0. The number of rotatable bonds is 10. The van der Waals surface area contributed by atoms with E-state index in [9.17, 15) is 18.7 Å². The van der Waals surface area contributed by atoms with Crippen molar-refractivity contribution in [3.05, 3.63) is 77.5 Å². The van der Waals surface area contributed by atoms with Gasteiger partial charge in [-0.05, 0) is 56.5 Å². The number of nitrogens with zero attached hydrogens (tertiary/aromatic N) is 5. The molecule has 12 heteroatoms. The summed E-state index contributed by atoms with van der Waals surface area (Å²) in [6, 6.07) is 10.0. The quantitative estimate of drug-likeness (QED) is 0.288. The zero-order chi connectivity index (χ0) is 29.2. The summed E-state index contributed by atoms with van der Waals surface area (Å²) in [5, 5.41) is 9.50. The van der Waals surface area contributed by atoms with Crippen molar-refractivity contribution >= 4 is 17.0 Å². The predicted molar refractivity (Wildman–Crippen MR) is 147 cm³/mol. The van der Waals surface area contributed by atoms with Crippen LogP contribution in [-0.4, -0.2) is 66.9 Å². The Bertz CT molecular complexity index is 1590. The second-order valence-electron chi connectivity index (χ2n) is 10.7. The first kappa shape index (κ1) is 28.0. The topological polar surface area (TPSA) is 112 Å². The molecule has 2 aromatic carbocycles. The monoisotopic (exact) mass is 579 g/mol. The van der Waals surface area contributed by atoms with Crippen LogP contribution in [0.25, 0.3) is 11.0 Å². The Morgan fingerprint density at radius 1 is 1.14 bits per heavy atom. The molecule has 4 aromatic rings. The van der Waals surface area contributed by atoms with Crippen molar-refractivity contribution in [3.63, 3.8) is 0 Å². The maximum atomic E-state index is 13.9. The number of aromatic carboxylic acids is 1. The van der Waals surface area contributed by atoms with Crippen molar-refractivity contribution in [3.8, 4) is 11.6 Å². The van der Waals surface area contributed by atoms with Crippen molar-refractivity contribution in [2.24, 2.45) is 0 Å². The molecule has 0 unspecified atom stereocenters. The van der Waals surface area contributed by atoms with Gasteiger partial charge in [0, 0.05) is 37.5 Å². The van der Waals surface area contributed by atoms with E-state index in [1.807, 2.05) is 0 Å². The molecule has 3 atom stereocenters. The molecule has 1 N–H and O–H groups in total. The zero-order valence-electron chi connectivity index (χ0n) is 23.1. The van der Waals surface area contributed by atoms with Gasteiger partial charge < -0.3 is 23.9 Å². The van der Waals surface area contributed by atoms with Gasteiger partial charge in [-0.2, -0.15) is 4.98 Å². The Labute approximate surface area is 240 Å². The smallest absolute Gasteiger partial charge is 0.335 e. The summed E-state index contributed by atoms with van der Waals surface area (Å²) in [6.45, 7) is 4.83. The van der Waals surface area contributed by atoms with E-state index in [0.717, 1.165) is 61.4 Å². The van der Waals surface area contributed by atoms with Crippen molar-refractivity contribution < 1.29 is 32.9 Å². The minimum atomic E-state index is -0.966. The van der Waals surface area contributed by atoms with Crippen LogP contribution in [0.4, 0.5) is 8.78 Å². The average molecular weight is 580 g/mol. The van der Waals surface area contributed by atoms with E-state index in [4.69, 9.17) is 19.2 Å². The van der Waals surface area contributed by atoms with Crippen LogP contribution in [0.15, 0.2) is 48.7 Å². The lowest BCUT2D eigenvalue weighted by Crippen LogP contribution is -2.44. The normalized spacial score (nSPS) is 20.8. The highest BCUT2D eigenvalue weighted by molar-refractivity contribution is 5.92. The number of halogens is 2. The number of ether oxygens (including phenoxy) is 3. The standard InChI is InChI=1S/C30H31F2N5O5/c1-18-12-21(42-29-6-9-33-27(35-29)17-41-26-5-3-20(31)14-23(26)32)7-10-36(18)16-28-34-24-4-2-19(30(38)39)13-25(24)37(28)15-22-8-11-40-22/h2-6,9,13-14,18,21-22H,7-8,10-12,15-17H2,1H3,(H,38,39)/t18-,21-,22-/m0/s1. The van der Waals surface area contributed by atoms with E-state index >= 15 is 0 Å². The third-order valence-electron chi connectivity index (χ3n) is 7.78. The maximum Gasteiger partial charge on any atom is 0.335 e. The lowest BCUT2D eigenvalue weighted by atomic mass is 10.0. The first-order chi connectivity index (χ1) is 20.3. The molecule has 0 aliphatic carbocycles. The highest BCUT2D eigenvalue weighted by Crippen LogP contribution is 2.27. The third kappa shape index (κ3) is 6.19. The van der Waals surface area contributed by atoms with E-state index in [2.05, 4.69) is 26.4 Å². The summed E-state index contributed by atoms with van der Waals surface area (Å²) in [5.74, 6) is -0.904. The molecular weight excluding hydrogens is 548 g/mol. The van der Waals surface area contributed by atoms with Crippen LogP contribution >= 0.6 is 0 Å². The molecule has 4 heterocycles. The SMILES string of the molecule is C[C@H]1C[C@@H](Oc2ccnc(COc3ccc(F)cc3F)n2)CCN1Cc1nc2ccc(C(=O)O)cc2n1C[C@@H]1CCO1. The van der Waals surface area contributed by atoms with E-state index in [-0.39, 0.29) is 36.2 Å². The second kappa shape index (κ2) is 12.0. The van der Waals surface area contributed by atoms with Crippen LogP contribution in [-0.2, 0) is 24.4 Å². The average Bonchev–Trinajstić information content (AvgIpc) is 3.28. The molecule has 6 rings (SSSR count). The van der Waals surface area contributed by atoms with Crippen molar-refractivity contribution in [2.45, 2.75) is 64.1 Å². The van der Waals surface area contributed by atoms with Crippen molar-refractivity contribution in [1.29, 1.82) is 0 Å². The number of benzene rings is 2. The van der Waals surface area contributed by atoms with Gasteiger partial charge in [0.2, 0.25) is 5.88 Å². The predicted octanol–water partition coefficient (Wildman–Crippen LogP) is 4.60. The fourth-order valence-electron chi connectivity index (χ4n) is 5.38. The molecule has 2 saturated heterocycles. The molecule has 0 spiro atoms. The minimum absolute atomic E-state index is 0.0604. The van der Waals surface area contributed by atoms with Gasteiger partial charge in [-0.3, -0.25) is 4.90 Å². The number of likely N-dealkylation sites (tertiary alicyclic amines) is 1. The van der Waals surface area contributed by atoms with Crippen LogP contribution in [0.3, 0.4) is 0 Å². The van der Waals surface area contributed by atoms with Crippen LogP contribution in [0, 0.1) is 11.6 Å². The summed E-state index contributed by atoms with van der Waals surface area (Å²) in [6.07, 6.45) is 4.12. The van der Waals surface area contributed by atoms with Gasteiger partial charge in [0.15, 0.2) is 17.4 Å². The summed E-state index contributed by atoms with van der Waals surface area (Å²) in [5.41, 5.74) is 1.81. The number of aromatic nitrogens is 4. The largest absolute Gasteiger partial charge is 0.483 e. The zero-order valence-corrected chi connectivity index (χ0v) is 23.1. The summed E-state index contributed by atoms with van der Waals surface area (Å²) in [4.78, 5) is 27.4. The molecule has 0 radical (unpaired) electrons. The van der Waals surface area contributed by atoms with Gasteiger partial charge >= 0.3 is 5.97 Å². The van der Waals surface area contributed by atoms with Crippen LogP contribution in [0.5, 0.6) is 11.6 Å². The Morgan fingerprint density at radius 2 is 2.00 bits per heavy atom. The number of carbonyl (C=O) groups is 1. The van der Waals surface area contributed by atoms with E-state index in [1.165, 1.54) is 6.07 Å². The number of hydrogen-bond donors (Lipinski definition) is 1. The van der Waals surface area contributed by atoms with Crippen LogP contribution < -0.4 is 9.47 Å². The molecular formula is C30H31F2N5O5. The van der Waals surface area contributed by atoms with Crippen molar-refractivity contribution in [1.82, 2.24) is 24.4 Å². The number of hydrogen-bond acceptors (Lipinski definition) is 8. The molecule has 220 valence electrons. The fraction of sp³-hybridized carbons (Fsp3) is 0.400. The Morgan fingerprint density at radius 3 is 2.74 bits per heavy atom. The van der Waals surface area contributed by atoms with Crippen molar-refractivity contribution in [2.75, 3.05) is 13.2 Å². The summed E-state index contributed by atoms with van der Waals surface area (Å²) >= 11 is 0. The van der Waals surface area contributed by atoms with E-state index in [0.29, 0.717) is 24.8 Å². The Kier molecular flexibility index (Phi) is 7.98. The highest BCUT2D eigenvalue weighted by atomic mass is 19.1. The second-order valence-corrected chi connectivity index (χ2v) is 10.7. The number of carboxylic acid groups (broad SMARTS) is 1. The Hall–Kier alpha value is -4.16. The molecule has 2 aliphatic rings. The number of carboxylic acids is 1. The van der Waals surface area contributed by atoms with E-state index < -0.39 is 17.6 Å². The molecule has 0 saturated carbocycles. The summed E-state index contributed by atoms with van der Waals surface area (Å²) in [7, 11) is 0. The van der Waals surface area contributed by atoms with Gasteiger partial charge in [0.05, 0.1) is 35.8 Å². The molecule has 0 amide bonds. The molecule has 0 bridgehead atoms. The molecule has 2 aromatic heterocycles. The van der Waals surface area contributed by atoms with Crippen LogP contribution in [0.1, 0.15) is 48.2 Å². The molecule has 2 fully saturated rings.